The fourth-order valence-electron chi connectivity index (χ4n) is 2.22. The fourth-order valence-corrected chi connectivity index (χ4v) is 2.85. The molecule has 1 aliphatic carbocycles. The Kier molecular flexibility index (Phi) is 3.43. The van der Waals surface area contributed by atoms with Crippen LogP contribution in [0.3, 0.4) is 0 Å². The van der Waals surface area contributed by atoms with E-state index in [0.29, 0.717) is 5.82 Å². The molecule has 19 heavy (non-hydrogen) atoms. The van der Waals surface area contributed by atoms with Crippen molar-refractivity contribution >= 4 is 28.4 Å². The molecule has 3 nitrogen and oxygen atoms in total. The van der Waals surface area contributed by atoms with E-state index >= 15 is 0 Å². The van der Waals surface area contributed by atoms with E-state index in [2.05, 4.69) is 63.7 Å². The summed E-state index contributed by atoms with van der Waals surface area (Å²) in [4.78, 5) is 9.08. The lowest BCUT2D eigenvalue weighted by atomic mass is 10.1. The molecule has 0 aliphatic heterocycles. The van der Waals surface area contributed by atoms with Gasteiger partial charge in [0.05, 0.1) is 9.26 Å². The predicted molar refractivity (Wildman–Crippen MR) is 86.0 cm³/mol. The highest BCUT2D eigenvalue weighted by molar-refractivity contribution is 14.1. The van der Waals surface area contributed by atoms with E-state index in [1.165, 1.54) is 18.4 Å². The summed E-state index contributed by atoms with van der Waals surface area (Å²) in [6.45, 7) is 2.09. The van der Waals surface area contributed by atoms with E-state index in [9.17, 15) is 0 Å². The molecule has 0 unspecified atom stereocenters. The van der Waals surface area contributed by atoms with Crippen molar-refractivity contribution in [2.75, 3.05) is 5.73 Å². The van der Waals surface area contributed by atoms with Crippen LogP contribution >= 0.6 is 22.6 Å². The molecule has 3 rings (SSSR count). The summed E-state index contributed by atoms with van der Waals surface area (Å²) in [7, 11) is 0. The van der Waals surface area contributed by atoms with Crippen LogP contribution in [0.1, 0.15) is 36.9 Å². The minimum atomic E-state index is 0.583. The first-order chi connectivity index (χ1) is 9.19. The van der Waals surface area contributed by atoms with Gasteiger partial charge < -0.3 is 5.73 Å². The van der Waals surface area contributed by atoms with Crippen molar-refractivity contribution in [3.8, 4) is 11.4 Å². The molecule has 0 spiro atoms. The average Bonchev–Trinajstić information content (AvgIpc) is 3.26. The molecule has 4 heteroatoms. The number of nitrogens with two attached hydrogens (primary N) is 1. The minimum absolute atomic E-state index is 0.583. The molecule has 1 fully saturated rings. The normalized spacial score (nSPS) is 14.6. The average molecular weight is 365 g/mol. The van der Waals surface area contributed by atoms with Gasteiger partial charge in [0.15, 0.2) is 5.82 Å². The van der Waals surface area contributed by atoms with Crippen LogP contribution in [0, 0.1) is 3.57 Å². The monoisotopic (exact) mass is 365 g/mol. The molecule has 1 aromatic carbocycles. The Morgan fingerprint density at radius 1 is 1.32 bits per heavy atom. The number of nitrogens with zero attached hydrogens (tertiary/aromatic N) is 2. The lowest BCUT2D eigenvalue weighted by Gasteiger charge is -2.08. The van der Waals surface area contributed by atoms with Crippen molar-refractivity contribution in [2.24, 2.45) is 0 Å². The lowest BCUT2D eigenvalue weighted by Crippen LogP contribution is -2.04. The molecule has 1 aliphatic rings. The smallest absolute Gasteiger partial charge is 0.161 e. The maximum atomic E-state index is 5.99. The van der Waals surface area contributed by atoms with Gasteiger partial charge in [-0.2, -0.15) is 0 Å². The number of hydrogen-bond donors (Lipinski definition) is 1. The summed E-state index contributed by atoms with van der Waals surface area (Å²) in [5, 5.41) is 0. The van der Waals surface area contributed by atoms with Gasteiger partial charge in [0, 0.05) is 5.56 Å². The van der Waals surface area contributed by atoms with E-state index in [1.54, 1.807) is 0 Å². The molecular weight excluding hydrogens is 349 g/mol. The third-order valence-corrected chi connectivity index (χ3v) is 4.65. The second-order valence-corrected chi connectivity index (χ2v) is 6.03. The van der Waals surface area contributed by atoms with Crippen LogP contribution in [0.5, 0.6) is 0 Å². The van der Waals surface area contributed by atoms with Crippen molar-refractivity contribution in [1.29, 1.82) is 0 Å². The van der Waals surface area contributed by atoms with Gasteiger partial charge >= 0.3 is 0 Å². The van der Waals surface area contributed by atoms with Crippen molar-refractivity contribution < 1.29 is 0 Å². The molecule has 0 saturated heterocycles. The summed E-state index contributed by atoms with van der Waals surface area (Å²) in [5.41, 5.74) is 9.48. The zero-order valence-corrected chi connectivity index (χ0v) is 13.0. The first kappa shape index (κ1) is 12.8. The van der Waals surface area contributed by atoms with Crippen LogP contribution in [0.4, 0.5) is 5.82 Å². The Bertz CT molecular complexity index is 621. The Labute approximate surface area is 126 Å². The highest BCUT2D eigenvalue weighted by Gasteiger charge is 2.23. The SMILES string of the molecule is CCc1nc(-c2cccc(C3CC3)c2)nc(N)c1I. The molecule has 2 aromatic rings. The molecule has 0 bridgehead atoms. The standard InChI is InChI=1S/C15H16IN3/c1-2-12-13(16)14(17)19-15(18-12)11-5-3-4-10(8-11)9-6-7-9/h3-5,8-9H,2,6-7H2,1H3,(H2,17,18,19). The maximum absolute atomic E-state index is 5.99. The van der Waals surface area contributed by atoms with E-state index in [4.69, 9.17) is 5.73 Å². The molecule has 2 N–H and O–H groups in total. The van der Waals surface area contributed by atoms with Gasteiger partial charge in [0.25, 0.3) is 0 Å². The molecule has 1 aromatic heterocycles. The predicted octanol–water partition coefficient (Wildman–Crippen LogP) is 3.77. The second kappa shape index (κ2) is 5.07. The molecule has 0 amide bonds. The van der Waals surface area contributed by atoms with Crippen molar-refractivity contribution in [2.45, 2.75) is 32.1 Å². The Balaban J connectivity index is 2.05. The molecule has 98 valence electrons. The Morgan fingerprint density at radius 2 is 2.11 bits per heavy atom. The van der Waals surface area contributed by atoms with Crippen molar-refractivity contribution in [3.05, 3.63) is 39.1 Å². The van der Waals surface area contributed by atoms with E-state index in [0.717, 1.165) is 33.0 Å². The van der Waals surface area contributed by atoms with Crippen LogP contribution in [0.25, 0.3) is 11.4 Å². The highest BCUT2D eigenvalue weighted by Crippen LogP contribution is 2.40. The first-order valence-corrected chi connectivity index (χ1v) is 7.69. The largest absolute Gasteiger partial charge is 0.383 e. The zero-order valence-electron chi connectivity index (χ0n) is 10.9. The fraction of sp³-hybridized carbons (Fsp3) is 0.333. The van der Waals surface area contributed by atoms with Crippen LogP contribution < -0.4 is 5.73 Å². The van der Waals surface area contributed by atoms with Gasteiger partial charge in [-0.1, -0.05) is 25.1 Å². The third kappa shape index (κ3) is 2.59. The van der Waals surface area contributed by atoms with Crippen molar-refractivity contribution in [1.82, 2.24) is 9.97 Å². The van der Waals surface area contributed by atoms with E-state index in [1.807, 2.05) is 0 Å². The number of anilines is 1. The summed E-state index contributed by atoms with van der Waals surface area (Å²) in [6.07, 6.45) is 3.49. The Hall–Kier alpha value is -1.17. The van der Waals surface area contributed by atoms with Crippen molar-refractivity contribution in [3.63, 3.8) is 0 Å². The number of aryl methyl sites for hydroxylation is 1. The topological polar surface area (TPSA) is 51.8 Å². The second-order valence-electron chi connectivity index (χ2n) is 4.95. The third-order valence-electron chi connectivity index (χ3n) is 3.47. The summed E-state index contributed by atoms with van der Waals surface area (Å²) < 4.78 is 0.974. The van der Waals surface area contributed by atoms with Gasteiger partial charge in [0.2, 0.25) is 0 Å². The maximum Gasteiger partial charge on any atom is 0.161 e. The quantitative estimate of drug-likeness (QED) is 0.843. The van der Waals surface area contributed by atoms with Crippen LogP contribution in [-0.4, -0.2) is 9.97 Å². The number of hydrogen-bond acceptors (Lipinski definition) is 3. The molecular formula is C15H16IN3. The highest BCUT2D eigenvalue weighted by atomic mass is 127. The number of halogens is 1. The van der Waals surface area contributed by atoms with E-state index in [-0.39, 0.29) is 0 Å². The lowest BCUT2D eigenvalue weighted by molar-refractivity contribution is 0.993. The zero-order chi connectivity index (χ0) is 13.4. The summed E-state index contributed by atoms with van der Waals surface area (Å²) in [6, 6.07) is 8.55. The van der Waals surface area contributed by atoms with Gasteiger partial charge in [-0.3, -0.25) is 0 Å². The number of benzene rings is 1. The summed E-state index contributed by atoms with van der Waals surface area (Å²) >= 11 is 2.22. The molecule has 0 radical (unpaired) electrons. The summed E-state index contributed by atoms with van der Waals surface area (Å²) in [5.74, 6) is 2.07. The van der Waals surface area contributed by atoms with Gasteiger partial charge in [-0.05, 0) is 59.4 Å². The number of nitrogen functional groups attached to an aromatic ring is 1. The molecule has 1 saturated carbocycles. The van der Waals surface area contributed by atoms with Crippen LogP contribution in [0.15, 0.2) is 24.3 Å². The van der Waals surface area contributed by atoms with Gasteiger partial charge in [-0.25, -0.2) is 9.97 Å². The van der Waals surface area contributed by atoms with Gasteiger partial charge in [-0.15, -0.1) is 0 Å². The molecule has 0 atom stereocenters. The van der Waals surface area contributed by atoms with Gasteiger partial charge in [0.1, 0.15) is 5.82 Å². The van der Waals surface area contributed by atoms with E-state index < -0.39 is 0 Å². The number of rotatable bonds is 3. The number of aromatic nitrogens is 2. The Morgan fingerprint density at radius 3 is 2.79 bits per heavy atom. The molecule has 1 heterocycles. The van der Waals surface area contributed by atoms with Crippen LogP contribution in [-0.2, 0) is 6.42 Å². The van der Waals surface area contributed by atoms with Crippen LogP contribution in [0.2, 0.25) is 0 Å². The first-order valence-electron chi connectivity index (χ1n) is 6.61. The minimum Gasteiger partial charge on any atom is -0.383 e.